The fourth-order valence-electron chi connectivity index (χ4n) is 4.08. The molecule has 2 aliphatic rings. The van der Waals surface area contributed by atoms with Crippen LogP contribution in [0.15, 0.2) is 42.6 Å². The summed E-state index contributed by atoms with van der Waals surface area (Å²) >= 11 is 0. The number of carbonyl (C=O) groups is 2. The standard InChI is InChI=1S/C22H24N2O4/c25-21(19-13-18(10-11-23-19)28-17-8-2-1-3-9-17)24-14-16-7-5-4-6-15(16)12-20(24)22(26)27/h4-7,10-11,13,17,20H,1-3,8-9,12,14H2,(H,26,27)/t20-/m0/s1. The third-order valence-corrected chi connectivity index (χ3v) is 5.60. The Kier molecular flexibility index (Phi) is 5.28. The maximum absolute atomic E-state index is 13.1. The number of amides is 1. The molecule has 0 saturated heterocycles. The van der Waals surface area contributed by atoms with Gasteiger partial charge < -0.3 is 14.7 Å². The highest BCUT2D eigenvalue weighted by molar-refractivity contribution is 5.95. The maximum atomic E-state index is 13.1. The number of fused-ring (bicyclic) bond motifs is 1. The predicted molar refractivity (Wildman–Crippen MR) is 103 cm³/mol. The van der Waals surface area contributed by atoms with Gasteiger partial charge in [-0.1, -0.05) is 30.7 Å². The van der Waals surface area contributed by atoms with Gasteiger partial charge in [-0.15, -0.1) is 0 Å². The Morgan fingerprint density at radius 3 is 2.57 bits per heavy atom. The van der Waals surface area contributed by atoms with Crippen molar-refractivity contribution in [3.05, 3.63) is 59.4 Å². The third-order valence-electron chi connectivity index (χ3n) is 5.60. The van der Waals surface area contributed by atoms with Crippen molar-refractivity contribution >= 4 is 11.9 Å². The number of aromatic nitrogens is 1. The Labute approximate surface area is 164 Å². The van der Waals surface area contributed by atoms with Crippen molar-refractivity contribution in [1.82, 2.24) is 9.88 Å². The van der Waals surface area contributed by atoms with E-state index in [0.29, 0.717) is 12.2 Å². The Hall–Kier alpha value is -2.89. The van der Waals surface area contributed by atoms with E-state index in [4.69, 9.17) is 4.74 Å². The van der Waals surface area contributed by atoms with Crippen molar-refractivity contribution in [2.75, 3.05) is 0 Å². The third kappa shape index (κ3) is 3.86. The minimum atomic E-state index is -1.00. The Morgan fingerprint density at radius 2 is 1.82 bits per heavy atom. The van der Waals surface area contributed by atoms with Gasteiger partial charge in [-0.2, -0.15) is 0 Å². The van der Waals surface area contributed by atoms with Gasteiger partial charge in [-0.25, -0.2) is 4.79 Å². The molecule has 0 bridgehead atoms. The molecule has 1 fully saturated rings. The van der Waals surface area contributed by atoms with Crippen molar-refractivity contribution < 1.29 is 19.4 Å². The number of carboxylic acids is 1. The second kappa shape index (κ2) is 8.00. The molecule has 2 aromatic rings. The van der Waals surface area contributed by atoms with Crippen molar-refractivity contribution in [2.45, 2.75) is 57.2 Å². The number of aliphatic carboxylic acids is 1. The molecule has 6 nitrogen and oxygen atoms in total. The second-order valence-corrected chi connectivity index (χ2v) is 7.51. The van der Waals surface area contributed by atoms with Crippen LogP contribution in [0.4, 0.5) is 0 Å². The van der Waals surface area contributed by atoms with Crippen molar-refractivity contribution in [3.8, 4) is 5.75 Å². The lowest BCUT2D eigenvalue weighted by Crippen LogP contribution is -2.48. The summed E-state index contributed by atoms with van der Waals surface area (Å²) in [5.41, 5.74) is 2.17. The van der Waals surface area contributed by atoms with Gasteiger partial charge in [0, 0.05) is 25.2 Å². The van der Waals surface area contributed by atoms with Crippen LogP contribution in [-0.4, -0.2) is 39.0 Å². The van der Waals surface area contributed by atoms with E-state index in [-0.39, 0.29) is 24.2 Å². The molecule has 1 saturated carbocycles. The van der Waals surface area contributed by atoms with Crippen molar-refractivity contribution in [2.24, 2.45) is 0 Å². The molecule has 0 spiro atoms. The van der Waals surface area contributed by atoms with Gasteiger partial charge in [0.2, 0.25) is 0 Å². The lowest BCUT2D eigenvalue weighted by molar-refractivity contribution is -0.142. The normalized spacial score (nSPS) is 19.7. The summed E-state index contributed by atoms with van der Waals surface area (Å²) in [6.45, 7) is 0.265. The number of carboxylic acid groups (broad SMARTS) is 1. The number of hydrogen-bond donors (Lipinski definition) is 1. The number of pyridine rings is 1. The molecule has 0 radical (unpaired) electrons. The van der Waals surface area contributed by atoms with Crippen LogP contribution >= 0.6 is 0 Å². The van der Waals surface area contributed by atoms with Crippen LogP contribution in [0, 0.1) is 0 Å². The highest BCUT2D eigenvalue weighted by atomic mass is 16.5. The van der Waals surface area contributed by atoms with Crippen LogP contribution in [-0.2, 0) is 17.8 Å². The van der Waals surface area contributed by atoms with E-state index >= 15 is 0 Å². The summed E-state index contributed by atoms with van der Waals surface area (Å²) in [5.74, 6) is -0.761. The van der Waals surface area contributed by atoms with E-state index in [1.807, 2.05) is 24.3 Å². The quantitative estimate of drug-likeness (QED) is 0.879. The number of carbonyl (C=O) groups excluding carboxylic acids is 1. The van der Waals surface area contributed by atoms with Gasteiger partial charge in [0.1, 0.15) is 17.5 Å². The molecule has 1 aromatic carbocycles. The first-order valence-corrected chi connectivity index (χ1v) is 9.85. The van der Waals surface area contributed by atoms with E-state index in [2.05, 4.69) is 4.98 Å². The highest BCUT2D eigenvalue weighted by Crippen LogP contribution is 2.27. The number of ether oxygens (including phenoxy) is 1. The summed E-state index contributed by atoms with van der Waals surface area (Å²) in [6.07, 6.45) is 7.64. The Bertz CT molecular complexity index is 876. The number of benzene rings is 1. The number of rotatable bonds is 4. The highest BCUT2D eigenvalue weighted by Gasteiger charge is 2.35. The van der Waals surface area contributed by atoms with Crippen molar-refractivity contribution in [1.29, 1.82) is 0 Å². The number of nitrogens with zero attached hydrogens (tertiary/aromatic N) is 2. The average molecular weight is 380 g/mol. The lowest BCUT2D eigenvalue weighted by Gasteiger charge is -2.34. The summed E-state index contributed by atoms with van der Waals surface area (Å²) < 4.78 is 6.04. The van der Waals surface area contributed by atoms with Gasteiger partial charge in [-0.3, -0.25) is 9.78 Å². The minimum absolute atomic E-state index is 0.174. The topological polar surface area (TPSA) is 79.7 Å². The van der Waals surface area contributed by atoms with Gasteiger partial charge >= 0.3 is 5.97 Å². The Morgan fingerprint density at radius 1 is 1.07 bits per heavy atom. The fraction of sp³-hybridized carbons (Fsp3) is 0.409. The molecule has 28 heavy (non-hydrogen) atoms. The van der Waals surface area contributed by atoms with Gasteiger partial charge in [0.15, 0.2) is 0 Å². The van der Waals surface area contributed by atoms with Gasteiger partial charge in [0.25, 0.3) is 5.91 Å². The molecule has 1 atom stereocenters. The van der Waals surface area contributed by atoms with E-state index in [0.717, 1.165) is 36.8 Å². The van der Waals surface area contributed by atoms with Crippen LogP contribution in [0.2, 0.25) is 0 Å². The maximum Gasteiger partial charge on any atom is 0.326 e. The molecule has 1 amide bonds. The van der Waals surface area contributed by atoms with Crippen LogP contribution in [0.3, 0.4) is 0 Å². The molecule has 2 heterocycles. The molecular weight excluding hydrogens is 356 g/mol. The van der Waals surface area contributed by atoms with Gasteiger partial charge in [0.05, 0.1) is 6.10 Å². The number of hydrogen-bond acceptors (Lipinski definition) is 4. The SMILES string of the molecule is O=C(O)[C@@H]1Cc2ccccc2CN1C(=O)c1cc(OC2CCCCC2)ccn1. The lowest BCUT2D eigenvalue weighted by atomic mass is 9.93. The summed E-state index contributed by atoms with van der Waals surface area (Å²) in [6, 6.07) is 10.1. The smallest absolute Gasteiger partial charge is 0.326 e. The van der Waals surface area contributed by atoms with E-state index in [1.165, 1.54) is 11.3 Å². The van der Waals surface area contributed by atoms with Crippen molar-refractivity contribution in [3.63, 3.8) is 0 Å². The molecule has 0 unspecified atom stereocenters. The Balaban J connectivity index is 1.56. The van der Waals surface area contributed by atoms with Crippen LogP contribution in [0.5, 0.6) is 5.75 Å². The first-order valence-electron chi connectivity index (χ1n) is 9.85. The predicted octanol–water partition coefficient (Wildman–Crippen LogP) is 3.44. The molecule has 4 rings (SSSR count). The minimum Gasteiger partial charge on any atom is -0.490 e. The zero-order valence-electron chi connectivity index (χ0n) is 15.7. The van der Waals surface area contributed by atoms with E-state index < -0.39 is 12.0 Å². The van der Waals surface area contributed by atoms with Crippen LogP contribution in [0.25, 0.3) is 0 Å². The molecular formula is C22H24N2O4. The molecule has 1 aliphatic heterocycles. The second-order valence-electron chi connectivity index (χ2n) is 7.51. The summed E-state index contributed by atoms with van der Waals surface area (Å²) in [5, 5.41) is 9.66. The average Bonchev–Trinajstić information content (AvgIpc) is 2.73. The van der Waals surface area contributed by atoms with E-state index in [1.54, 1.807) is 18.3 Å². The molecule has 146 valence electrons. The molecule has 6 heteroatoms. The van der Waals surface area contributed by atoms with E-state index in [9.17, 15) is 14.7 Å². The first kappa shape index (κ1) is 18.5. The van der Waals surface area contributed by atoms with Crippen LogP contribution < -0.4 is 4.74 Å². The zero-order valence-corrected chi connectivity index (χ0v) is 15.7. The molecule has 1 N–H and O–H groups in total. The van der Waals surface area contributed by atoms with Crippen LogP contribution in [0.1, 0.15) is 53.7 Å². The largest absolute Gasteiger partial charge is 0.490 e. The molecule has 1 aliphatic carbocycles. The zero-order chi connectivity index (χ0) is 19.5. The first-order chi connectivity index (χ1) is 13.6. The monoisotopic (exact) mass is 380 g/mol. The molecule has 1 aromatic heterocycles. The van der Waals surface area contributed by atoms with Gasteiger partial charge in [-0.05, 0) is 42.9 Å². The summed E-state index contributed by atoms with van der Waals surface area (Å²) in [4.78, 5) is 30.5. The summed E-state index contributed by atoms with van der Waals surface area (Å²) in [7, 11) is 0. The fourth-order valence-corrected chi connectivity index (χ4v) is 4.08.